The van der Waals surface area contributed by atoms with Gasteiger partial charge >= 0.3 is 12.7 Å². The van der Waals surface area contributed by atoms with Gasteiger partial charge in [0.15, 0.2) is 0 Å². The molecule has 0 unspecified atom stereocenters. The molecular weight excluding hydrogens is 430 g/mol. The van der Waals surface area contributed by atoms with Crippen molar-refractivity contribution < 1.29 is 40.6 Å². The number of nitrogens with two attached hydrogens (primary N) is 1. The van der Waals surface area contributed by atoms with E-state index in [4.69, 9.17) is 5.73 Å². The van der Waals surface area contributed by atoms with Gasteiger partial charge in [0.1, 0.15) is 11.5 Å². The second kappa shape index (κ2) is 8.17. The molecule has 1 heterocycles. The third kappa shape index (κ3) is 5.65. The average molecular weight is 442 g/mol. The zero-order valence-corrected chi connectivity index (χ0v) is 15.3. The monoisotopic (exact) mass is 442 g/mol. The summed E-state index contributed by atoms with van der Waals surface area (Å²) >= 11 is 0. The highest BCUT2D eigenvalue weighted by atomic mass is 19.4. The topological polar surface area (TPSA) is 74.4 Å². The fourth-order valence-corrected chi connectivity index (χ4v) is 2.82. The molecule has 0 aliphatic carbocycles. The molecule has 2 aromatic carbocycles. The van der Waals surface area contributed by atoms with E-state index in [1.165, 1.54) is 36.5 Å². The van der Waals surface area contributed by atoms with Crippen LogP contribution in [0.1, 0.15) is 10.4 Å². The number of nitrogens with zero attached hydrogens (tertiary/aromatic N) is 1. The van der Waals surface area contributed by atoms with Crippen LogP contribution in [0.4, 0.5) is 26.3 Å². The second-order valence-corrected chi connectivity index (χ2v) is 6.09. The van der Waals surface area contributed by atoms with Crippen molar-refractivity contribution in [1.29, 1.82) is 0 Å². The summed E-state index contributed by atoms with van der Waals surface area (Å²) in [5.41, 5.74) is 6.42. The molecule has 0 spiro atoms. The Morgan fingerprint density at radius 1 is 0.742 bits per heavy atom. The Hall–Kier alpha value is -3.76. The molecule has 1 amide bonds. The number of aromatic nitrogens is 1. The minimum absolute atomic E-state index is 0.0588. The third-order valence-electron chi connectivity index (χ3n) is 3.96. The lowest BCUT2D eigenvalue weighted by Crippen LogP contribution is -2.17. The highest BCUT2D eigenvalue weighted by Gasteiger charge is 2.32. The van der Waals surface area contributed by atoms with Crippen LogP contribution in [0, 0.1) is 0 Å². The summed E-state index contributed by atoms with van der Waals surface area (Å²) in [7, 11) is 0. The van der Waals surface area contributed by atoms with E-state index in [2.05, 4.69) is 14.5 Å². The molecule has 0 aliphatic heterocycles. The van der Waals surface area contributed by atoms with E-state index < -0.39 is 30.1 Å². The number of alkyl halides is 6. The Balaban J connectivity index is 2.00. The van der Waals surface area contributed by atoms with E-state index in [-0.39, 0.29) is 22.4 Å². The fourth-order valence-electron chi connectivity index (χ4n) is 2.82. The predicted molar refractivity (Wildman–Crippen MR) is 97.0 cm³/mol. The van der Waals surface area contributed by atoms with Gasteiger partial charge in [0.2, 0.25) is 0 Å². The minimum atomic E-state index is -4.86. The van der Waals surface area contributed by atoms with E-state index >= 15 is 0 Å². The molecule has 1 aromatic heterocycles. The summed E-state index contributed by atoms with van der Waals surface area (Å²) in [5, 5.41) is 0. The molecule has 0 bridgehead atoms. The van der Waals surface area contributed by atoms with Gasteiger partial charge in [0.25, 0.3) is 5.91 Å². The lowest BCUT2D eigenvalue weighted by atomic mass is 9.95. The smallest absolute Gasteiger partial charge is 0.406 e. The van der Waals surface area contributed by atoms with Crippen LogP contribution >= 0.6 is 0 Å². The Kier molecular flexibility index (Phi) is 5.78. The highest BCUT2D eigenvalue weighted by molar-refractivity contribution is 6.05. The lowest BCUT2D eigenvalue weighted by molar-refractivity contribution is -0.275. The maximum atomic E-state index is 12.3. The molecule has 11 heteroatoms. The van der Waals surface area contributed by atoms with Crippen molar-refractivity contribution in [1.82, 2.24) is 4.98 Å². The van der Waals surface area contributed by atoms with Gasteiger partial charge < -0.3 is 15.2 Å². The van der Waals surface area contributed by atoms with Crippen molar-refractivity contribution >= 4 is 5.91 Å². The molecule has 0 saturated carbocycles. The van der Waals surface area contributed by atoms with E-state index in [9.17, 15) is 31.1 Å². The van der Waals surface area contributed by atoms with Gasteiger partial charge in [-0.1, -0.05) is 12.1 Å². The van der Waals surface area contributed by atoms with E-state index in [1.807, 2.05) is 0 Å². The van der Waals surface area contributed by atoms with E-state index in [0.717, 1.165) is 24.3 Å². The van der Waals surface area contributed by atoms with Crippen molar-refractivity contribution in [2.75, 3.05) is 0 Å². The molecule has 0 atom stereocenters. The van der Waals surface area contributed by atoms with Gasteiger partial charge in [-0.25, -0.2) is 0 Å². The third-order valence-corrected chi connectivity index (χ3v) is 3.96. The van der Waals surface area contributed by atoms with Crippen molar-refractivity contribution in [3.8, 4) is 33.9 Å². The number of amides is 1. The van der Waals surface area contributed by atoms with Crippen molar-refractivity contribution in [2.45, 2.75) is 12.7 Å². The van der Waals surface area contributed by atoms with E-state index in [1.54, 1.807) is 0 Å². The Morgan fingerprint density at radius 3 is 1.61 bits per heavy atom. The molecule has 0 aliphatic rings. The maximum Gasteiger partial charge on any atom is 0.573 e. The van der Waals surface area contributed by atoms with E-state index in [0.29, 0.717) is 5.56 Å². The number of pyridine rings is 1. The highest BCUT2D eigenvalue weighted by Crippen LogP contribution is 2.33. The first kappa shape index (κ1) is 21.9. The van der Waals surface area contributed by atoms with Crippen LogP contribution in [0.5, 0.6) is 11.5 Å². The van der Waals surface area contributed by atoms with Crippen LogP contribution in [0.2, 0.25) is 0 Å². The number of primary amides is 1. The maximum absolute atomic E-state index is 12.3. The number of rotatable bonds is 5. The van der Waals surface area contributed by atoms with Crippen molar-refractivity contribution in [3.63, 3.8) is 0 Å². The van der Waals surface area contributed by atoms with Crippen molar-refractivity contribution in [3.05, 3.63) is 66.4 Å². The van der Waals surface area contributed by atoms with Gasteiger partial charge in [-0.2, -0.15) is 0 Å². The summed E-state index contributed by atoms with van der Waals surface area (Å²) in [6, 6.07) is 10.8. The van der Waals surface area contributed by atoms with Crippen LogP contribution in [0.3, 0.4) is 0 Å². The second-order valence-electron chi connectivity index (χ2n) is 6.09. The molecule has 2 N–H and O–H groups in total. The first-order valence-electron chi connectivity index (χ1n) is 8.44. The van der Waals surface area contributed by atoms with Crippen LogP contribution in [-0.2, 0) is 0 Å². The number of benzene rings is 2. The number of carbonyl (C=O) groups is 1. The van der Waals surface area contributed by atoms with Crippen molar-refractivity contribution in [2.24, 2.45) is 5.73 Å². The predicted octanol–water partition coefficient (Wildman–Crippen LogP) is 5.31. The van der Waals surface area contributed by atoms with Gasteiger partial charge in [0.05, 0.1) is 11.3 Å². The minimum Gasteiger partial charge on any atom is -0.406 e. The van der Waals surface area contributed by atoms with Gasteiger partial charge in [-0.15, -0.1) is 26.3 Å². The molecule has 162 valence electrons. The molecule has 0 radical (unpaired) electrons. The SMILES string of the molecule is NC(=O)c1c(-c2ccc(OC(F)(F)F)cc2)ccnc1-c1ccc(OC(F)(F)F)cc1. The molecule has 5 nitrogen and oxygen atoms in total. The zero-order chi connectivity index (χ0) is 22.8. The summed E-state index contributed by atoms with van der Waals surface area (Å²) < 4.78 is 81.6. The summed E-state index contributed by atoms with van der Waals surface area (Å²) in [6.45, 7) is 0. The lowest BCUT2D eigenvalue weighted by Gasteiger charge is -2.14. The summed E-state index contributed by atoms with van der Waals surface area (Å²) in [6.07, 6.45) is -8.39. The molecule has 0 fully saturated rings. The largest absolute Gasteiger partial charge is 0.573 e. The zero-order valence-electron chi connectivity index (χ0n) is 15.3. The first-order valence-corrected chi connectivity index (χ1v) is 8.44. The Bertz CT molecular complexity index is 1000. The number of halogens is 6. The Labute approximate surface area is 171 Å². The van der Waals surface area contributed by atoms with Gasteiger partial charge in [-0.05, 0) is 53.6 Å². The van der Waals surface area contributed by atoms with Crippen LogP contribution in [0.15, 0.2) is 60.8 Å². The Morgan fingerprint density at radius 2 is 1.19 bits per heavy atom. The molecule has 3 aromatic rings. The number of ether oxygens (including phenoxy) is 2. The number of carbonyl (C=O) groups excluding carboxylic acids is 1. The van der Waals surface area contributed by atoms with Crippen LogP contribution < -0.4 is 15.2 Å². The summed E-state index contributed by atoms with van der Waals surface area (Å²) in [4.78, 5) is 16.2. The quantitative estimate of drug-likeness (QED) is 0.544. The molecular formula is C20H12F6N2O3. The molecule has 31 heavy (non-hydrogen) atoms. The number of hydrogen-bond acceptors (Lipinski definition) is 4. The fraction of sp³-hybridized carbons (Fsp3) is 0.100. The molecule has 3 rings (SSSR count). The summed E-state index contributed by atoms with van der Waals surface area (Å²) in [5.74, 6) is -1.80. The molecule has 0 saturated heterocycles. The van der Waals surface area contributed by atoms with Gasteiger partial charge in [-0.3, -0.25) is 9.78 Å². The van der Waals surface area contributed by atoms with Gasteiger partial charge in [0, 0.05) is 11.8 Å². The first-order chi connectivity index (χ1) is 14.4. The van der Waals surface area contributed by atoms with Crippen LogP contribution in [-0.4, -0.2) is 23.6 Å². The number of hydrogen-bond donors (Lipinski definition) is 1. The normalized spacial score (nSPS) is 11.8. The standard InChI is InChI=1S/C20H12F6N2O3/c21-19(22,23)30-13-5-1-11(2-6-13)15-9-10-28-17(16(15)18(27)29)12-3-7-14(8-4-12)31-20(24,25)26/h1-10H,(H2,27,29). The average Bonchev–Trinajstić information content (AvgIpc) is 2.66. The van der Waals surface area contributed by atoms with Crippen LogP contribution in [0.25, 0.3) is 22.4 Å².